The minimum absolute atomic E-state index is 0.00789. The number of benzene rings is 1. The fraction of sp³-hybridized carbons (Fsp3) is 0.364. The fourth-order valence-electron chi connectivity index (χ4n) is 3.44. The first-order chi connectivity index (χ1) is 15.3. The maximum atomic E-state index is 12.5. The van der Waals surface area contributed by atoms with E-state index < -0.39 is 21.9 Å². The van der Waals surface area contributed by atoms with Gasteiger partial charge < -0.3 is 14.8 Å². The molecule has 1 aliphatic rings. The lowest BCUT2D eigenvalue weighted by Crippen LogP contribution is -2.30. The molecule has 0 saturated carbocycles. The summed E-state index contributed by atoms with van der Waals surface area (Å²) in [7, 11) is -3.59. The van der Waals surface area contributed by atoms with Crippen LogP contribution in [0.2, 0.25) is 0 Å². The van der Waals surface area contributed by atoms with Gasteiger partial charge in [-0.15, -0.1) is 0 Å². The number of nitrogens with one attached hydrogen (secondary N) is 1. The number of carbonyl (C=O) groups excluding carboxylic acids is 1. The monoisotopic (exact) mass is 456 g/mol. The number of pyridine rings is 1. The molecule has 0 spiro atoms. The Kier molecular flexibility index (Phi) is 6.33. The molecule has 2 atom stereocenters. The van der Waals surface area contributed by atoms with Gasteiger partial charge in [-0.05, 0) is 38.0 Å². The number of hydrogen-bond donors (Lipinski definition) is 1. The summed E-state index contributed by atoms with van der Waals surface area (Å²) < 4.78 is 35.1. The van der Waals surface area contributed by atoms with E-state index in [9.17, 15) is 13.2 Å². The van der Waals surface area contributed by atoms with Crippen molar-refractivity contribution in [3.05, 3.63) is 53.9 Å². The van der Waals surface area contributed by atoms with E-state index in [0.717, 1.165) is 19.1 Å². The Hall–Kier alpha value is -3.11. The summed E-state index contributed by atoms with van der Waals surface area (Å²) in [4.78, 5) is 25.3. The van der Waals surface area contributed by atoms with Crippen LogP contribution in [0.3, 0.4) is 0 Å². The first-order valence-electron chi connectivity index (χ1n) is 10.3. The molecule has 1 aromatic carbocycles. The van der Waals surface area contributed by atoms with Crippen LogP contribution in [0.1, 0.15) is 41.9 Å². The van der Waals surface area contributed by atoms with Gasteiger partial charge in [-0.2, -0.15) is 0 Å². The van der Waals surface area contributed by atoms with Crippen molar-refractivity contribution in [2.45, 2.75) is 37.1 Å². The number of hydrogen-bond acceptors (Lipinski definition) is 9. The van der Waals surface area contributed by atoms with Gasteiger partial charge in [-0.25, -0.2) is 28.2 Å². The molecule has 0 amide bonds. The molecule has 2 aromatic heterocycles. The average Bonchev–Trinajstić information content (AvgIpc) is 2.79. The number of sulfone groups is 1. The molecule has 10 heteroatoms. The molecular formula is C22H24N4O5S. The Morgan fingerprint density at radius 1 is 1.25 bits per heavy atom. The second kappa shape index (κ2) is 9.17. The van der Waals surface area contributed by atoms with Crippen molar-refractivity contribution in [1.29, 1.82) is 0 Å². The summed E-state index contributed by atoms with van der Waals surface area (Å²) in [5, 5.41) is 3.64. The van der Waals surface area contributed by atoms with Gasteiger partial charge in [-0.1, -0.05) is 18.2 Å². The van der Waals surface area contributed by atoms with E-state index in [1.54, 1.807) is 37.3 Å². The normalized spacial score (nSPS) is 17.6. The van der Waals surface area contributed by atoms with Crippen molar-refractivity contribution in [2.24, 2.45) is 0 Å². The number of fused-ring (bicyclic) bond motifs is 1. The van der Waals surface area contributed by atoms with Crippen molar-refractivity contribution in [1.82, 2.24) is 15.0 Å². The van der Waals surface area contributed by atoms with E-state index in [1.165, 1.54) is 6.20 Å². The van der Waals surface area contributed by atoms with Crippen LogP contribution in [0.5, 0.6) is 0 Å². The van der Waals surface area contributed by atoms with Crippen LogP contribution in [0.15, 0.2) is 47.8 Å². The van der Waals surface area contributed by atoms with E-state index in [2.05, 4.69) is 20.3 Å². The van der Waals surface area contributed by atoms with Crippen molar-refractivity contribution in [3.63, 3.8) is 0 Å². The molecular weight excluding hydrogens is 432 g/mol. The number of esters is 1. The van der Waals surface area contributed by atoms with Crippen LogP contribution in [0.4, 0.5) is 5.82 Å². The predicted molar refractivity (Wildman–Crippen MR) is 118 cm³/mol. The summed E-state index contributed by atoms with van der Waals surface area (Å²) in [6.07, 6.45) is 3.64. The topological polar surface area (TPSA) is 120 Å². The van der Waals surface area contributed by atoms with Crippen LogP contribution in [-0.4, -0.2) is 54.9 Å². The van der Waals surface area contributed by atoms with E-state index in [4.69, 9.17) is 9.47 Å². The summed E-state index contributed by atoms with van der Waals surface area (Å²) in [6, 6.07) is 10.4. The van der Waals surface area contributed by atoms with Crippen molar-refractivity contribution < 1.29 is 22.7 Å². The zero-order valence-corrected chi connectivity index (χ0v) is 18.6. The molecule has 3 aromatic rings. The lowest BCUT2D eigenvalue weighted by molar-refractivity contribution is 0.0329. The number of nitrogens with zero attached hydrogens (tertiary/aromatic N) is 3. The average molecular weight is 457 g/mol. The van der Waals surface area contributed by atoms with Gasteiger partial charge in [0.15, 0.2) is 5.82 Å². The molecule has 32 heavy (non-hydrogen) atoms. The molecule has 1 saturated heterocycles. The van der Waals surface area contributed by atoms with E-state index >= 15 is 0 Å². The highest BCUT2D eigenvalue weighted by atomic mass is 32.2. The first-order valence-corrected chi connectivity index (χ1v) is 12.2. The molecule has 3 heterocycles. The number of anilines is 1. The van der Waals surface area contributed by atoms with Crippen molar-refractivity contribution >= 4 is 32.5 Å². The Labute approximate surface area is 186 Å². The lowest BCUT2D eigenvalue weighted by atomic mass is 10.1. The largest absolute Gasteiger partial charge is 0.453 e. The molecule has 0 bridgehead atoms. The van der Waals surface area contributed by atoms with E-state index in [0.29, 0.717) is 41.2 Å². The molecule has 1 N–H and O–H groups in total. The molecule has 1 fully saturated rings. The molecule has 168 valence electrons. The molecule has 4 rings (SSSR count). The van der Waals surface area contributed by atoms with Gasteiger partial charge >= 0.3 is 5.97 Å². The van der Waals surface area contributed by atoms with E-state index in [1.807, 2.05) is 6.07 Å². The lowest BCUT2D eigenvalue weighted by Gasteiger charge is -2.24. The SMILES string of the molecule is C[C@@H](OC(=O)c1ccccc1)c1cc2cnc(S(C)(=O)=O)nc2c(N[C@H]2CCCOC2)n1. The quantitative estimate of drug-likeness (QED) is 0.441. The third kappa shape index (κ3) is 5.03. The highest BCUT2D eigenvalue weighted by Gasteiger charge is 2.22. The minimum Gasteiger partial charge on any atom is -0.453 e. The molecule has 0 radical (unpaired) electrons. The van der Waals surface area contributed by atoms with Gasteiger partial charge in [-0.3, -0.25) is 0 Å². The molecule has 0 aliphatic carbocycles. The second-order valence-corrected chi connectivity index (χ2v) is 9.64. The molecule has 9 nitrogen and oxygen atoms in total. The summed E-state index contributed by atoms with van der Waals surface area (Å²) in [5.41, 5.74) is 1.33. The van der Waals surface area contributed by atoms with Crippen LogP contribution < -0.4 is 5.32 Å². The van der Waals surface area contributed by atoms with Crippen LogP contribution in [0, 0.1) is 0 Å². The third-order valence-electron chi connectivity index (χ3n) is 5.11. The Morgan fingerprint density at radius 3 is 2.72 bits per heavy atom. The van der Waals surface area contributed by atoms with Crippen LogP contribution in [0.25, 0.3) is 10.9 Å². The number of aromatic nitrogens is 3. The van der Waals surface area contributed by atoms with Gasteiger partial charge in [0.25, 0.3) is 0 Å². The van der Waals surface area contributed by atoms with Crippen LogP contribution in [-0.2, 0) is 19.3 Å². The number of ether oxygens (including phenoxy) is 2. The predicted octanol–water partition coefficient (Wildman–Crippen LogP) is 2.94. The Bertz CT molecular complexity index is 1230. The van der Waals surface area contributed by atoms with Crippen molar-refractivity contribution in [2.75, 3.05) is 24.8 Å². The van der Waals surface area contributed by atoms with E-state index in [-0.39, 0.29) is 11.2 Å². The molecule has 1 aliphatic heterocycles. The summed E-state index contributed by atoms with van der Waals surface area (Å²) in [6.45, 7) is 2.95. The minimum atomic E-state index is -3.59. The maximum Gasteiger partial charge on any atom is 0.338 e. The highest BCUT2D eigenvalue weighted by Crippen LogP contribution is 2.27. The number of rotatable bonds is 6. The summed E-state index contributed by atoms with van der Waals surface area (Å²) in [5.74, 6) is -0.0539. The smallest absolute Gasteiger partial charge is 0.338 e. The van der Waals surface area contributed by atoms with Gasteiger partial charge in [0.1, 0.15) is 11.6 Å². The maximum absolute atomic E-state index is 12.5. The summed E-state index contributed by atoms with van der Waals surface area (Å²) >= 11 is 0. The number of carbonyl (C=O) groups is 1. The standard InChI is InChI=1S/C22H24N4O5S/c1-14(31-21(27)15-7-4-3-5-8-15)18-11-16-12-23-22(32(2,28)29)26-19(16)20(25-18)24-17-9-6-10-30-13-17/h3-5,7-8,11-12,14,17H,6,9-10,13H2,1-2H3,(H,24,25)/t14-,17+/m1/s1. The van der Waals surface area contributed by atoms with Gasteiger partial charge in [0, 0.05) is 24.4 Å². The Morgan fingerprint density at radius 2 is 2.03 bits per heavy atom. The fourth-order valence-corrected chi connectivity index (χ4v) is 3.94. The highest BCUT2D eigenvalue weighted by molar-refractivity contribution is 7.90. The first kappa shape index (κ1) is 22.1. The van der Waals surface area contributed by atoms with Gasteiger partial charge in [0.05, 0.1) is 23.9 Å². The van der Waals surface area contributed by atoms with Crippen LogP contribution >= 0.6 is 0 Å². The zero-order valence-electron chi connectivity index (χ0n) is 17.8. The second-order valence-electron chi connectivity index (χ2n) is 7.73. The zero-order chi connectivity index (χ0) is 22.7. The Balaban J connectivity index is 1.70. The van der Waals surface area contributed by atoms with Crippen molar-refractivity contribution in [3.8, 4) is 0 Å². The van der Waals surface area contributed by atoms with Gasteiger partial charge in [0.2, 0.25) is 15.0 Å². The molecule has 0 unspecified atom stereocenters. The third-order valence-corrected chi connectivity index (χ3v) is 5.97.